The monoisotopic (exact) mass is 272 g/mol. The molecule has 0 radical (unpaired) electrons. The van der Waals surface area contributed by atoms with Gasteiger partial charge in [-0.3, -0.25) is 5.43 Å². The highest BCUT2D eigenvalue weighted by Crippen LogP contribution is 2.26. The fourth-order valence-corrected chi connectivity index (χ4v) is 1.39. The molecule has 0 aromatic heterocycles. The average molecular weight is 273 g/mol. The highest BCUT2D eigenvalue weighted by Gasteiger charge is 2.04. The quantitative estimate of drug-likeness (QED) is 0.247. The van der Waals surface area contributed by atoms with Crippen LogP contribution in [0.2, 0.25) is 5.02 Å². The van der Waals surface area contributed by atoms with E-state index in [0.29, 0.717) is 35.6 Å². The van der Waals surface area contributed by atoms with E-state index in [0.717, 1.165) is 0 Å². The zero-order valence-corrected chi connectivity index (χ0v) is 11.1. The topological polar surface area (TPSA) is 80.9 Å². The second-order valence-corrected chi connectivity index (χ2v) is 3.75. The summed E-state index contributed by atoms with van der Waals surface area (Å²) in [4.78, 5) is 4.17. The van der Waals surface area contributed by atoms with Crippen LogP contribution in [0.3, 0.4) is 0 Å². The molecule has 0 aliphatic rings. The van der Waals surface area contributed by atoms with Gasteiger partial charge in [0.1, 0.15) is 5.75 Å². The van der Waals surface area contributed by atoms with Gasteiger partial charge in [0.05, 0.1) is 31.0 Å². The molecular formula is C11H17ClN4O2. The molecule has 100 valence electrons. The molecular weight excluding hydrogens is 256 g/mol. The molecule has 7 heteroatoms. The number of rotatable bonds is 5. The van der Waals surface area contributed by atoms with Gasteiger partial charge in [0.15, 0.2) is 0 Å². The Morgan fingerprint density at radius 1 is 1.44 bits per heavy atom. The largest absolute Gasteiger partial charge is 0.497 e. The summed E-state index contributed by atoms with van der Waals surface area (Å²) in [6, 6.07) is 5.25. The van der Waals surface area contributed by atoms with Gasteiger partial charge in [-0.25, -0.2) is 10.8 Å². The van der Waals surface area contributed by atoms with Gasteiger partial charge in [0.2, 0.25) is 5.96 Å². The smallest absolute Gasteiger partial charge is 0.210 e. The molecule has 0 spiro atoms. The maximum atomic E-state index is 6.05. The third kappa shape index (κ3) is 4.40. The van der Waals surface area contributed by atoms with Gasteiger partial charge in [0.25, 0.3) is 0 Å². The molecule has 1 aromatic carbocycles. The zero-order valence-electron chi connectivity index (χ0n) is 10.4. The normalized spacial score (nSPS) is 11.2. The van der Waals surface area contributed by atoms with Crippen molar-refractivity contribution in [2.75, 3.05) is 32.7 Å². The number of nitrogens with zero attached hydrogens (tertiary/aromatic N) is 1. The average Bonchev–Trinajstić information content (AvgIpc) is 2.40. The SMILES string of the molecule is COCCN=C(NN)Nc1cc(OC)ccc1Cl. The molecule has 0 aliphatic heterocycles. The molecule has 0 amide bonds. The van der Waals surface area contributed by atoms with E-state index < -0.39 is 0 Å². The van der Waals surface area contributed by atoms with E-state index in [2.05, 4.69) is 15.7 Å². The third-order valence-corrected chi connectivity index (χ3v) is 2.46. The second kappa shape index (κ2) is 7.75. The van der Waals surface area contributed by atoms with Crippen molar-refractivity contribution in [2.24, 2.45) is 10.8 Å². The van der Waals surface area contributed by atoms with Crippen molar-refractivity contribution in [2.45, 2.75) is 0 Å². The van der Waals surface area contributed by atoms with E-state index in [9.17, 15) is 0 Å². The van der Waals surface area contributed by atoms with Crippen molar-refractivity contribution in [1.29, 1.82) is 0 Å². The Morgan fingerprint density at radius 3 is 2.83 bits per heavy atom. The molecule has 0 atom stereocenters. The van der Waals surface area contributed by atoms with Crippen LogP contribution in [0.15, 0.2) is 23.2 Å². The molecule has 0 saturated carbocycles. The highest BCUT2D eigenvalue weighted by atomic mass is 35.5. The fraction of sp³-hybridized carbons (Fsp3) is 0.364. The minimum atomic E-state index is 0.405. The molecule has 0 fully saturated rings. The number of hydrazine groups is 1. The minimum absolute atomic E-state index is 0.405. The Hall–Kier alpha value is -1.50. The number of anilines is 1. The summed E-state index contributed by atoms with van der Waals surface area (Å²) in [5, 5.41) is 3.52. The summed E-state index contributed by atoms with van der Waals surface area (Å²) >= 11 is 6.05. The van der Waals surface area contributed by atoms with Crippen LogP contribution in [0.5, 0.6) is 5.75 Å². The lowest BCUT2D eigenvalue weighted by atomic mass is 10.3. The van der Waals surface area contributed by atoms with E-state index >= 15 is 0 Å². The number of halogens is 1. The maximum absolute atomic E-state index is 6.05. The molecule has 1 aromatic rings. The van der Waals surface area contributed by atoms with Gasteiger partial charge in [-0.1, -0.05) is 11.6 Å². The summed E-state index contributed by atoms with van der Waals surface area (Å²) in [6.45, 7) is 1.00. The molecule has 1 rings (SSSR count). The Bertz CT molecular complexity index is 412. The molecule has 4 N–H and O–H groups in total. The molecule has 0 heterocycles. The number of nitrogens with one attached hydrogen (secondary N) is 2. The third-order valence-electron chi connectivity index (χ3n) is 2.13. The molecule has 6 nitrogen and oxygen atoms in total. The highest BCUT2D eigenvalue weighted by molar-refractivity contribution is 6.33. The number of methoxy groups -OCH3 is 2. The number of guanidine groups is 1. The number of nitrogens with two attached hydrogens (primary N) is 1. The van der Waals surface area contributed by atoms with Gasteiger partial charge in [-0.2, -0.15) is 0 Å². The Morgan fingerprint density at radius 2 is 2.22 bits per heavy atom. The standard InChI is InChI=1S/C11H17ClN4O2/c1-17-6-5-14-11(16-13)15-10-7-8(18-2)3-4-9(10)12/h3-4,7H,5-6,13H2,1-2H3,(H2,14,15,16). The van der Waals surface area contributed by atoms with Crippen LogP contribution in [0.4, 0.5) is 5.69 Å². The predicted molar refractivity (Wildman–Crippen MR) is 73.1 cm³/mol. The summed E-state index contributed by atoms with van der Waals surface area (Å²) in [6.07, 6.45) is 0. The Kier molecular flexibility index (Phi) is 6.27. The summed E-state index contributed by atoms with van der Waals surface area (Å²) in [7, 11) is 3.19. The van der Waals surface area contributed by atoms with Crippen molar-refractivity contribution >= 4 is 23.2 Å². The van der Waals surface area contributed by atoms with Crippen LogP contribution in [-0.2, 0) is 4.74 Å². The lowest BCUT2D eigenvalue weighted by Crippen LogP contribution is -2.36. The first-order valence-corrected chi connectivity index (χ1v) is 5.69. The Labute approximate surface area is 111 Å². The maximum Gasteiger partial charge on any atom is 0.210 e. The van der Waals surface area contributed by atoms with Crippen LogP contribution in [0.1, 0.15) is 0 Å². The van der Waals surface area contributed by atoms with Crippen LogP contribution in [0.25, 0.3) is 0 Å². The van der Waals surface area contributed by atoms with Crippen molar-refractivity contribution in [3.8, 4) is 5.75 Å². The number of benzene rings is 1. The van der Waals surface area contributed by atoms with Crippen molar-refractivity contribution in [3.05, 3.63) is 23.2 Å². The Balaban J connectivity index is 2.77. The first-order chi connectivity index (χ1) is 8.71. The van der Waals surface area contributed by atoms with E-state index in [4.69, 9.17) is 26.9 Å². The van der Waals surface area contributed by atoms with Gasteiger partial charge < -0.3 is 14.8 Å². The van der Waals surface area contributed by atoms with E-state index in [1.165, 1.54) is 0 Å². The van der Waals surface area contributed by atoms with E-state index in [1.54, 1.807) is 32.4 Å². The lowest BCUT2D eigenvalue weighted by Gasteiger charge is -2.11. The first-order valence-electron chi connectivity index (χ1n) is 5.31. The molecule has 0 bridgehead atoms. The molecule has 0 saturated heterocycles. The summed E-state index contributed by atoms with van der Waals surface area (Å²) in [5.41, 5.74) is 3.12. The van der Waals surface area contributed by atoms with Crippen molar-refractivity contribution < 1.29 is 9.47 Å². The van der Waals surface area contributed by atoms with Crippen LogP contribution in [-0.4, -0.2) is 33.3 Å². The molecule has 0 aliphatic carbocycles. The van der Waals surface area contributed by atoms with Crippen molar-refractivity contribution in [3.63, 3.8) is 0 Å². The first kappa shape index (κ1) is 14.6. The summed E-state index contributed by atoms with van der Waals surface area (Å²) in [5.74, 6) is 6.46. The van der Waals surface area contributed by atoms with Crippen LogP contribution < -0.4 is 21.3 Å². The van der Waals surface area contributed by atoms with Gasteiger partial charge >= 0.3 is 0 Å². The van der Waals surface area contributed by atoms with E-state index in [-0.39, 0.29) is 0 Å². The fourth-order valence-electron chi connectivity index (χ4n) is 1.22. The molecule has 0 unspecified atom stereocenters. The number of hydrogen-bond donors (Lipinski definition) is 3. The zero-order chi connectivity index (χ0) is 13.4. The lowest BCUT2D eigenvalue weighted by molar-refractivity contribution is 0.208. The number of hydrogen-bond acceptors (Lipinski definition) is 4. The van der Waals surface area contributed by atoms with Gasteiger partial charge in [0, 0.05) is 13.2 Å². The van der Waals surface area contributed by atoms with E-state index in [1.807, 2.05) is 0 Å². The summed E-state index contributed by atoms with van der Waals surface area (Å²) < 4.78 is 10.0. The number of ether oxygens (including phenoxy) is 2. The van der Waals surface area contributed by atoms with Gasteiger partial charge in [-0.15, -0.1) is 0 Å². The van der Waals surface area contributed by atoms with Crippen molar-refractivity contribution in [1.82, 2.24) is 5.43 Å². The second-order valence-electron chi connectivity index (χ2n) is 3.34. The minimum Gasteiger partial charge on any atom is -0.497 e. The molecule has 18 heavy (non-hydrogen) atoms. The predicted octanol–water partition coefficient (Wildman–Crippen LogP) is 1.23. The number of aliphatic imine (C=N–C) groups is 1. The van der Waals surface area contributed by atoms with Gasteiger partial charge in [-0.05, 0) is 12.1 Å². The van der Waals surface area contributed by atoms with Crippen LogP contribution in [0, 0.1) is 0 Å². The van der Waals surface area contributed by atoms with Crippen LogP contribution >= 0.6 is 11.6 Å².